The van der Waals surface area contributed by atoms with E-state index in [9.17, 15) is 19.5 Å². The SMILES string of the molecule is Cc1nnc2sc(C(=O)Nc3ccccc3)c(C(=O)O)n2c1=O. The second-order valence-corrected chi connectivity index (χ2v) is 5.59. The second kappa shape index (κ2) is 5.61. The molecule has 0 fully saturated rings. The molecule has 0 aliphatic heterocycles. The Morgan fingerprint density at radius 2 is 1.91 bits per heavy atom. The smallest absolute Gasteiger partial charge is 0.354 e. The zero-order chi connectivity index (χ0) is 16.6. The van der Waals surface area contributed by atoms with E-state index in [-0.39, 0.29) is 15.5 Å². The maximum Gasteiger partial charge on any atom is 0.354 e. The highest BCUT2D eigenvalue weighted by Gasteiger charge is 2.26. The van der Waals surface area contributed by atoms with Crippen LogP contribution in [0, 0.1) is 6.92 Å². The number of benzene rings is 1. The third kappa shape index (κ3) is 2.57. The molecular weight excluding hydrogens is 320 g/mol. The fourth-order valence-corrected chi connectivity index (χ4v) is 2.96. The maximum atomic E-state index is 12.4. The average molecular weight is 330 g/mol. The Balaban J connectivity index is 2.16. The molecular formula is C14H10N4O4S. The van der Waals surface area contributed by atoms with Crippen LogP contribution in [0.2, 0.25) is 0 Å². The van der Waals surface area contributed by atoms with Crippen molar-refractivity contribution >= 4 is 33.9 Å². The Bertz CT molecular complexity index is 978. The molecule has 23 heavy (non-hydrogen) atoms. The summed E-state index contributed by atoms with van der Waals surface area (Å²) in [6.45, 7) is 1.43. The van der Waals surface area contributed by atoms with E-state index in [1.54, 1.807) is 30.3 Å². The Kier molecular flexibility index (Phi) is 3.62. The summed E-state index contributed by atoms with van der Waals surface area (Å²) < 4.78 is 0.898. The zero-order valence-corrected chi connectivity index (χ0v) is 12.6. The lowest BCUT2D eigenvalue weighted by Gasteiger charge is -2.03. The first kappa shape index (κ1) is 14.9. The van der Waals surface area contributed by atoms with Gasteiger partial charge in [-0.15, -0.1) is 10.2 Å². The Hall–Kier alpha value is -3.07. The number of amides is 1. The predicted octanol–water partition coefficient (Wildman–Crippen LogP) is 1.41. The van der Waals surface area contributed by atoms with E-state index in [1.807, 2.05) is 0 Å². The summed E-state index contributed by atoms with van der Waals surface area (Å²) in [4.78, 5) is 36.0. The van der Waals surface area contributed by atoms with Gasteiger partial charge in [-0.3, -0.25) is 9.59 Å². The van der Waals surface area contributed by atoms with Gasteiger partial charge >= 0.3 is 5.97 Å². The number of fused-ring (bicyclic) bond motifs is 1. The lowest BCUT2D eigenvalue weighted by molar-refractivity contribution is 0.0685. The molecule has 1 amide bonds. The number of anilines is 1. The Morgan fingerprint density at radius 1 is 1.22 bits per heavy atom. The van der Waals surface area contributed by atoms with Crippen molar-refractivity contribution < 1.29 is 14.7 Å². The topological polar surface area (TPSA) is 114 Å². The Morgan fingerprint density at radius 3 is 2.57 bits per heavy atom. The van der Waals surface area contributed by atoms with Crippen LogP contribution in [0.5, 0.6) is 0 Å². The fourth-order valence-electron chi connectivity index (χ4n) is 2.01. The number of aromatic carboxylic acids is 1. The van der Waals surface area contributed by atoms with Gasteiger partial charge in [0.1, 0.15) is 10.6 Å². The molecule has 3 aromatic rings. The number of carbonyl (C=O) groups is 2. The van der Waals surface area contributed by atoms with E-state index < -0.39 is 23.1 Å². The number of nitrogens with one attached hydrogen (secondary N) is 1. The number of para-hydroxylation sites is 1. The average Bonchev–Trinajstić information content (AvgIpc) is 2.92. The molecule has 8 nitrogen and oxygen atoms in total. The van der Waals surface area contributed by atoms with Crippen LogP contribution < -0.4 is 10.9 Å². The Labute approximate surface area is 133 Å². The normalized spacial score (nSPS) is 10.7. The third-order valence-corrected chi connectivity index (χ3v) is 4.09. The monoisotopic (exact) mass is 330 g/mol. The molecule has 0 saturated heterocycles. The molecule has 0 aliphatic carbocycles. The van der Waals surface area contributed by atoms with Crippen molar-refractivity contribution in [1.29, 1.82) is 0 Å². The van der Waals surface area contributed by atoms with E-state index in [4.69, 9.17) is 0 Å². The van der Waals surface area contributed by atoms with Crippen molar-refractivity contribution in [3.8, 4) is 0 Å². The number of carboxylic acids is 1. The molecule has 0 spiro atoms. The van der Waals surface area contributed by atoms with E-state index in [0.717, 1.165) is 15.7 Å². The number of nitrogens with zero attached hydrogens (tertiary/aromatic N) is 3. The molecule has 2 N–H and O–H groups in total. The van der Waals surface area contributed by atoms with E-state index in [2.05, 4.69) is 15.5 Å². The fraction of sp³-hybridized carbons (Fsp3) is 0.0714. The highest BCUT2D eigenvalue weighted by atomic mass is 32.1. The molecule has 0 bridgehead atoms. The minimum absolute atomic E-state index is 0.0520. The van der Waals surface area contributed by atoms with Crippen molar-refractivity contribution in [3.05, 3.63) is 57.0 Å². The summed E-state index contributed by atoms with van der Waals surface area (Å²) in [6, 6.07) is 8.59. The zero-order valence-electron chi connectivity index (χ0n) is 11.8. The number of carbonyl (C=O) groups excluding carboxylic acids is 1. The molecule has 9 heteroatoms. The number of carboxylic acid groups (broad SMARTS) is 1. The molecule has 2 aromatic heterocycles. The second-order valence-electron chi connectivity index (χ2n) is 4.61. The molecule has 1 aromatic carbocycles. The highest BCUT2D eigenvalue weighted by Crippen LogP contribution is 2.22. The maximum absolute atomic E-state index is 12.4. The van der Waals surface area contributed by atoms with Crippen LogP contribution in [0.4, 0.5) is 5.69 Å². The molecule has 0 atom stereocenters. The summed E-state index contributed by atoms with van der Waals surface area (Å²) in [5.74, 6) is -2.01. The van der Waals surface area contributed by atoms with Crippen LogP contribution >= 0.6 is 11.3 Å². The minimum atomic E-state index is -1.39. The van der Waals surface area contributed by atoms with Gasteiger partial charge in [0.25, 0.3) is 11.5 Å². The molecule has 0 aliphatic rings. The van der Waals surface area contributed by atoms with Gasteiger partial charge in [0.2, 0.25) is 4.96 Å². The van der Waals surface area contributed by atoms with Gasteiger partial charge in [-0.1, -0.05) is 29.5 Å². The summed E-state index contributed by atoms with van der Waals surface area (Å²) in [7, 11) is 0. The van der Waals surface area contributed by atoms with Crippen molar-refractivity contribution in [1.82, 2.24) is 14.6 Å². The minimum Gasteiger partial charge on any atom is -0.477 e. The van der Waals surface area contributed by atoms with E-state index in [1.165, 1.54) is 6.92 Å². The van der Waals surface area contributed by atoms with Crippen LogP contribution in [0.15, 0.2) is 35.1 Å². The van der Waals surface area contributed by atoms with Crippen LogP contribution in [0.3, 0.4) is 0 Å². The number of aryl methyl sites for hydroxylation is 1. The molecule has 0 saturated carbocycles. The number of hydrogen-bond acceptors (Lipinski definition) is 6. The largest absolute Gasteiger partial charge is 0.477 e. The first-order valence-corrected chi connectivity index (χ1v) is 7.29. The van der Waals surface area contributed by atoms with Crippen molar-refractivity contribution in [2.45, 2.75) is 6.92 Å². The van der Waals surface area contributed by atoms with Crippen LogP contribution in [0.1, 0.15) is 25.9 Å². The van der Waals surface area contributed by atoms with Gasteiger partial charge in [0, 0.05) is 5.69 Å². The van der Waals surface area contributed by atoms with Crippen molar-refractivity contribution in [2.24, 2.45) is 0 Å². The van der Waals surface area contributed by atoms with E-state index in [0.29, 0.717) is 5.69 Å². The summed E-state index contributed by atoms with van der Waals surface area (Å²) in [5.41, 5.74) is -0.456. The first-order valence-electron chi connectivity index (χ1n) is 6.47. The van der Waals surface area contributed by atoms with Gasteiger partial charge in [-0.2, -0.15) is 0 Å². The van der Waals surface area contributed by atoms with Gasteiger partial charge in [0.05, 0.1) is 0 Å². The lowest BCUT2D eigenvalue weighted by atomic mass is 10.3. The first-order chi connectivity index (χ1) is 11.0. The van der Waals surface area contributed by atoms with Gasteiger partial charge < -0.3 is 10.4 Å². The standard InChI is InChI=1S/C14H10N4O4S/c1-7-12(20)18-9(13(21)22)10(23-14(18)17-16-7)11(19)15-8-5-3-2-4-6-8/h2-6H,1H3,(H,15,19)(H,21,22). The highest BCUT2D eigenvalue weighted by molar-refractivity contribution is 7.19. The van der Waals surface area contributed by atoms with Crippen LogP contribution in [-0.4, -0.2) is 31.6 Å². The molecule has 0 radical (unpaired) electrons. The van der Waals surface area contributed by atoms with Crippen molar-refractivity contribution in [3.63, 3.8) is 0 Å². The lowest BCUT2D eigenvalue weighted by Crippen LogP contribution is -2.23. The third-order valence-electron chi connectivity index (χ3n) is 3.06. The van der Waals surface area contributed by atoms with Gasteiger partial charge in [-0.05, 0) is 19.1 Å². The van der Waals surface area contributed by atoms with Gasteiger partial charge in [-0.25, -0.2) is 9.20 Å². The summed E-state index contributed by atoms with van der Waals surface area (Å²) >= 11 is 0.799. The number of rotatable bonds is 3. The summed E-state index contributed by atoms with van der Waals surface area (Å²) in [6.07, 6.45) is 0. The predicted molar refractivity (Wildman–Crippen MR) is 83.2 cm³/mol. The summed E-state index contributed by atoms with van der Waals surface area (Å²) in [5, 5.41) is 19.4. The quantitative estimate of drug-likeness (QED) is 0.750. The molecule has 0 unspecified atom stereocenters. The van der Waals surface area contributed by atoms with Crippen LogP contribution in [0.25, 0.3) is 4.96 Å². The number of aromatic nitrogens is 3. The molecule has 116 valence electrons. The number of hydrogen-bond donors (Lipinski definition) is 2. The molecule has 3 rings (SSSR count). The molecule has 2 heterocycles. The van der Waals surface area contributed by atoms with E-state index >= 15 is 0 Å². The van der Waals surface area contributed by atoms with Gasteiger partial charge in [0.15, 0.2) is 5.69 Å². The van der Waals surface area contributed by atoms with Crippen LogP contribution in [-0.2, 0) is 0 Å². The number of thiazole rings is 1. The van der Waals surface area contributed by atoms with Crippen molar-refractivity contribution in [2.75, 3.05) is 5.32 Å².